The number of nitrogens with two attached hydrogens (primary N) is 1. The molecule has 0 spiro atoms. The average molecular weight is 752 g/mol. The molecule has 0 bridgehead atoms. The Kier molecular flexibility index (Phi) is 32.1. The van der Waals surface area contributed by atoms with Gasteiger partial charge in [-0.3, -0.25) is 0 Å². The third-order valence-corrected chi connectivity index (χ3v) is 7.87. The number of aryl methyl sites for hydroxylation is 1. The van der Waals surface area contributed by atoms with Gasteiger partial charge in [-0.15, -0.1) is 0 Å². The molecule has 0 aliphatic rings. The normalized spacial score (nSPS) is 11.3. The predicted molar refractivity (Wildman–Crippen MR) is 207 cm³/mol. The molecule has 0 aliphatic carbocycles. The fourth-order valence-electron chi connectivity index (χ4n) is 4.94. The number of benzene rings is 2. The van der Waals surface area contributed by atoms with Gasteiger partial charge in [0.2, 0.25) is 0 Å². The number of unbranched alkanes of at least 4 members (excludes halogenated alkanes) is 6. The molecular weight excluding hydrogens is 682 g/mol. The summed E-state index contributed by atoms with van der Waals surface area (Å²) in [5.74, 6) is 1.56. The summed E-state index contributed by atoms with van der Waals surface area (Å²) in [4.78, 5) is 0. The number of ether oxygens (including phenoxy) is 11. The van der Waals surface area contributed by atoms with Gasteiger partial charge in [0.05, 0.1) is 125 Å². The average Bonchev–Trinajstić information content (AvgIpc) is 3.17. The molecule has 0 heterocycles. The highest BCUT2D eigenvalue weighted by atomic mass is 16.6. The molecule has 2 rings (SSSR count). The molecule has 2 aromatic rings. The Morgan fingerprint density at radius 2 is 0.736 bits per heavy atom. The zero-order valence-corrected chi connectivity index (χ0v) is 32.5. The minimum absolute atomic E-state index is 0.439. The van der Waals surface area contributed by atoms with Gasteiger partial charge in [0.25, 0.3) is 0 Å². The maximum atomic E-state index is 5.83. The summed E-state index contributed by atoms with van der Waals surface area (Å²) in [5, 5.41) is 0. The molecule has 0 saturated heterocycles. The monoisotopic (exact) mass is 751 g/mol. The Bertz CT molecular complexity index is 1050. The maximum Gasteiger partial charge on any atom is 0.142 e. The van der Waals surface area contributed by atoms with Crippen molar-refractivity contribution in [2.24, 2.45) is 0 Å². The molecular formula is C41H69NO11. The minimum atomic E-state index is 0.439. The molecule has 12 heteroatoms. The van der Waals surface area contributed by atoms with E-state index in [4.69, 9.17) is 57.8 Å². The molecule has 0 saturated carbocycles. The lowest BCUT2D eigenvalue weighted by molar-refractivity contribution is -0.0257. The minimum Gasteiger partial charge on any atom is -0.491 e. The summed E-state index contributed by atoms with van der Waals surface area (Å²) in [5.41, 5.74) is 7.83. The molecule has 53 heavy (non-hydrogen) atoms. The zero-order valence-electron chi connectivity index (χ0n) is 32.5. The highest BCUT2D eigenvalue weighted by molar-refractivity contribution is 5.51. The maximum absolute atomic E-state index is 5.83. The molecule has 0 atom stereocenters. The van der Waals surface area contributed by atoms with E-state index in [1.54, 1.807) is 6.07 Å². The van der Waals surface area contributed by atoms with Crippen molar-refractivity contribution in [2.45, 2.75) is 58.3 Å². The van der Waals surface area contributed by atoms with Crippen LogP contribution in [0.25, 0.3) is 0 Å². The van der Waals surface area contributed by atoms with Crippen molar-refractivity contribution < 1.29 is 52.1 Å². The van der Waals surface area contributed by atoms with Crippen LogP contribution < -0.4 is 15.2 Å². The molecule has 2 aromatic carbocycles. The lowest BCUT2D eigenvalue weighted by Gasteiger charge is -2.10. The summed E-state index contributed by atoms with van der Waals surface area (Å²) in [7, 11) is 0. The number of para-hydroxylation sites is 2. The zero-order chi connectivity index (χ0) is 37.5. The molecule has 0 radical (unpaired) electrons. The first kappa shape index (κ1) is 46.6. The lowest BCUT2D eigenvalue weighted by atomic mass is 10.0. The second-order valence-corrected chi connectivity index (χ2v) is 12.3. The topological polar surface area (TPSA) is 128 Å². The lowest BCUT2D eigenvalue weighted by Crippen LogP contribution is -2.15. The molecule has 0 aliphatic heterocycles. The Morgan fingerprint density at radius 1 is 0.377 bits per heavy atom. The van der Waals surface area contributed by atoms with E-state index in [1.165, 1.54) is 50.5 Å². The van der Waals surface area contributed by atoms with Crippen molar-refractivity contribution in [3.8, 4) is 11.5 Å². The second-order valence-electron chi connectivity index (χ2n) is 12.3. The Balaban J connectivity index is 1.18. The number of hydrogen-bond donors (Lipinski definition) is 1. The Morgan fingerprint density at radius 3 is 1.15 bits per heavy atom. The molecule has 304 valence electrons. The van der Waals surface area contributed by atoms with Crippen molar-refractivity contribution in [1.82, 2.24) is 0 Å². The molecule has 2 N–H and O–H groups in total. The summed E-state index contributed by atoms with van der Waals surface area (Å²) >= 11 is 0. The van der Waals surface area contributed by atoms with Gasteiger partial charge in [-0.25, -0.2) is 0 Å². The first-order valence-electron chi connectivity index (χ1n) is 19.7. The van der Waals surface area contributed by atoms with Gasteiger partial charge in [0.15, 0.2) is 0 Å². The summed E-state index contributed by atoms with van der Waals surface area (Å²) in [6.45, 7) is 12.4. The summed E-state index contributed by atoms with van der Waals surface area (Å²) in [6, 6.07) is 15.8. The highest BCUT2D eigenvalue weighted by Gasteiger charge is 2.00. The van der Waals surface area contributed by atoms with Crippen molar-refractivity contribution in [2.75, 3.05) is 138 Å². The van der Waals surface area contributed by atoms with Crippen molar-refractivity contribution >= 4 is 5.69 Å². The van der Waals surface area contributed by atoms with E-state index in [-0.39, 0.29) is 0 Å². The third kappa shape index (κ3) is 29.5. The van der Waals surface area contributed by atoms with E-state index in [9.17, 15) is 0 Å². The van der Waals surface area contributed by atoms with Crippen LogP contribution in [0.15, 0.2) is 48.5 Å². The van der Waals surface area contributed by atoms with E-state index in [0.717, 1.165) is 12.2 Å². The summed E-state index contributed by atoms with van der Waals surface area (Å²) < 4.78 is 61.0. The van der Waals surface area contributed by atoms with Crippen LogP contribution in [0.2, 0.25) is 0 Å². The third-order valence-electron chi connectivity index (χ3n) is 7.87. The van der Waals surface area contributed by atoms with Crippen molar-refractivity contribution in [3.63, 3.8) is 0 Å². The van der Waals surface area contributed by atoms with Crippen molar-refractivity contribution in [3.05, 3.63) is 54.1 Å². The van der Waals surface area contributed by atoms with Crippen LogP contribution in [-0.4, -0.2) is 132 Å². The molecule has 0 aromatic heterocycles. The molecule has 0 fully saturated rings. The fraction of sp³-hybridized carbons (Fsp3) is 0.707. The van der Waals surface area contributed by atoms with Gasteiger partial charge in [-0.2, -0.15) is 0 Å². The summed E-state index contributed by atoms with van der Waals surface area (Å²) in [6.07, 6.45) is 10.5. The first-order valence-corrected chi connectivity index (χ1v) is 19.7. The van der Waals surface area contributed by atoms with Crippen LogP contribution in [0.3, 0.4) is 0 Å². The Hall–Kier alpha value is -2.52. The van der Waals surface area contributed by atoms with Crippen LogP contribution in [0.4, 0.5) is 5.69 Å². The molecule has 0 amide bonds. The second kappa shape index (κ2) is 36.5. The number of hydrogen-bond acceptors (Lipinski definition) is 12. The molecule has 12 nitrogen and oxygen atoms in total. The molecule has 0 unspecified atom stereocenters. The number of nitrogen functional groups attached to an aromatic ring is 1. The van der Waals surface area contributed by atoms with Crippen LogP contribution in [0.1, 0.15) is 57.4 Å². The van der Waals surface area contributed by atoms with Crippen LogP contribution >= 0.6 is 0 Å². The first-order chi connectivity index (χ1) is 26.3. The van der Waals surface area contributed by atoms with Gasteiger partial charge >= 0.3 is 0 Å². The van der Waals surface area contributed by atoms with Gasteiger partial charge in [-0.05, 0) is 42.7 Å². The smallest absolute Gasteiger partial charge is 0.142 e. The van der Waals surface area contributed by atoms with E-state index in [2.05, 4.69) is 31.2 Å². The van der Waals surface area contributed by atoms with E-state index in [1.807, 2.05) is 18.2 Å². The highest BCUT2D eigenvalue weighted by Crippen LogP contribution is 2.19. The number of rotatable bonds is 40. The predicted octanol–water partition coefficient (Wildman–Crippen LogP) is 6.17. The van der Waals surface area contributed by atoms with Crippen LogP contribution in [0.5, 0.6) is 11.5 Å². The van der Waals surface area contributed by atoms with Gasteiger partial charge in [0.1, 0.15) is 24.7 Å². The fourth-order valence-corrected chi connectivity index (χ4v) is 4.94. The SMILES string of the molecule is CCCCCCCCCc1ccc(OCCOCCOCCOCCOCCOCCOCCOCCOCCOCCOc2ccccc2N)cc1. The van der Waals surface area contributed by atoms with Crippen LogP contribution in [-0.2, 0) is 49.1 Å². The van der Waals surface area contributed by atoms with E-state index >= 15 is 0 Å². The largest absolute Gasteiger partial charge is 0.491 e. The quantitative estimate of drug-likeness (QED) is 0.0618. The standard InChI is InChI=1S/C41H69NO11/c1-2-3-4-5-6-7-8-11-38-14-16-39(17-15-38)52-36-34-50-32-30-48-28-26-46-24-22-44-20-18-43-19-21-45-23-25-47-27-29-49-31-33-51-35-37-53-41-13-10-9-12-40(41)42/h9-10,12-17H,2-8,11,18-37,42H2,1H3. The Labute approximate surface area is 319 Å². The van der Waals surface area contributed by atoms with Crippen molar-refractivity contribution in [1.29, 1.82) is 0 Å². The van der Waals surface area contributed by atoms with E-state index < -0.39 is 0 Å². The van der Waals surface area contributed by atoms with Gasteiger partial charge in [0, 0.05) is 0 Å². The van der Waals surface area contributed by atoms with Crippen LogP contribution in [0, 0.1) is 0 Å². The number of anilines is 1. The van der Waals surface area contributed by atoms with Gasteiger partial charge < -0.3 is 57.8 Å². The van der Waals surface area contributed by atoms with E-state index in [0.29, 0.717) is 144 Å². The van der Waals surface area contributed by atoms with Gasteiger partial charge in [-0.1, -0.05) is 69.7 Å².